The van der Waals surface area contributed by atoms with Gasteiger partial charge in [0.2, 0.25) is 5.78 Å². The second-order valence-corrected chi connectivity index (χ2v) is 5.75. The van der Waals surface area contributed by atoms with Crippen LogP contribution in [0.3, 0.4) is 0 Å². The fourth-order valence-corrected chi connectivity index (χ4v) is 3.13. The van der Waals surface area contributed by atoms with Gasteiger partial charge >= 0.3 is 0 Å². The Balaban J connectivity index is 1.70. The number of piperidine rings is 1. The number of carbonyl (C=O) groups excluding carboxylic acids is 1. The van der Waals surface area contributed by atoms with E-state index in [2.05, 4.69) is 15.0 Å². The normalized spacial score (nSPS) is 18.5. The number of fused-ring (bicyclic) bond motifs is 1. The maximum atomic E-state index is 12.8. The first-order valence-electron chi connectivity index (χ1n) is 7.75. The highest BCUT2D eigenvalue weighted by Gasteiger charge is 2.31. The van der Waals surface area contributed by atoms with E-state index in [-0.39, 0.29) is 11.9 Å². The van der Waals surface area contributed by atoms with Crippen LogP contribution in [-0.4, -0.2) is 36.7 Å². The first-order chi connectivity index (χ1) is 11.2. The Morgan fingerprint density at radius 3 is 3.04 bits per heavy atom. The predicted octanol–water partition coefficient (Wildman–Crippen LogP) is 2.39. The van der Waals surface area contributed by atoms with Crippen molar-refractivity contribution in [3.8, 4) is 0 Å². The van der Waals surface area contributed by atoms with Gasteiger partial charge in [-0.15, -0.1) is 0 Å². The van der Waals surface area contributed by atoms with Crippen LogP contribution in [0.5, 0.6) is 0 Å². The molecule has 0 aliphatic carbocycles. The zero-order valence-corrected chi connectivity index (χ0v) is 12.8. The summed E-state index contributed by atoms with van der Waals surface area (Å²) in [5, 5.41) is 0. The third kappa shape index (κ3) is 2.38. The van der Waals surface area contributed by atoms with E-state index in [4.69, 9.17) is 4.42 Å². The van der Waals surface area contributed by atoms with Crippen molar-refractivity contribution in [1.29, 1.82) is 0 Å². The molecule has 0 N–H and O–H groups in total. The molecule has 0 spiro atoms. The summed E-state index contributed by atoms with van der Waals surface area (Å²) in [6, 6.07) is 1.91. The number of nitrogens with zero attached hydrogens (tertiary/aromatic N) is 5. The Bertz CT molecular complexity index is 853. The average molecular weight is 311 g/mol. The zero-order chi connectivity index (χ0) is 15.8. The lowest BCUT2D eigenvalue weighted by molar-refractivity contribution is 0.0599. The SMILES string of the molecule is Cc1ocnc1C(=O)N1CCCC[C@H]1c1ccn2ccnc2n1. The molecule has 0 unspecified atom stereocenters. The molecule has 0 bridgehead atoms. The van der Waals surface area contributed by atoms with Gasteiger partial charge in [-0.2, -0.15) is 0 Å². The summed E-state index contributed by atoms with van der Waals surface area (Å²) in [5.74, 6) is 1.11. The molecule has 1 aliphatic heterocycles. The summed E-state index contributed by atoms with van der Waals surface area (Å²) in [7, 11) is 0. The molecule has 4 heterocycles. The number of likely N-dealkylation sites (tertiary alicyclic amines) is 1. The third-order valence-corrected chi connectivity index (χ3v) is 4.34. The van der Waals surface area contributed by atoms with Crippen LogP contribution < -0.4 is 0 Å². The molecule has 3 aromatic rings. The number of rotatable bonds is 2. The standard InChI is InChI=1S/C16H17N5O2/c1-11-14(18-10-23-11)15(22)21-7-3-2-4-13(21)12-5-8-20-9-6-17-16(20)19-12/h5-6,8-10,13H,2-4,7H2,1H3/t13-/m0/s1. The van der Waals surface area contributed by atoms with E-state index < -0.39 is 0 Å². The lowest BCUT2D eigenvalue weighted by Gasteiger charge is -2.35. The van der Waals surface area contributed by atoms with Gasteiger partial charge in [-0.05, 0) is 32.3 Å². The van der Waals surface area contributed by atoms with Crippen LogP contribution in [0.15, 0.2) is 35.5 Å². The maximum Gasteiger partial charge on any atom is 0.276 e. The van der Waals surface area contributed by atoms with E-state index in [1.165, 1.54) is 6.39 Å². The van der Waals surface area contributed by atoms with Gasteiger partial charge in [-0.1, -0.05) is 0 Å². The van der Waals surface area contributed by atoms with E-state index in [0.29, 0.717) is 23.8 Å². The van der Waals surface area contributed by atoms with Crippen molar-refractivity contribution in [3.63, 3.8) is 0 Å². The molecule has 23 heavy (non-hydrogen) atoms. The summed E-state index contributed by atoms with van der Waals surface area (Å²) < 4.78 is 7.04. The van der Waals surface area contributed by atoms with E-state index in [0.717, 1.165) is 25.0 Å². The van der Waals surface area contributed by atoms with Crippen molar-refractivity contribution in [1.82, 2.24) is 24.3 Å². The van der Waals surface area contributed by atoms with Crippen molar-refractivity contribution in [3.05, 3.63) is 48.2 Å². The average Bonchev–Trinajstić information content (AvgIpc) is 3.22. The molecule has 1 amide bonds. The van der Waals surface area contributed by atoms with Gasteiger partial charge in [0.25, 0.3) is 5.91 Å². The summed E-state index contributed by atoms with van der Waals surface area (Å²) >= 11 is 0. The molecule has 1 fully saturated rings. The number of aryl methyl sites for hydroxylation is 1. The largest absolute Gasteiger partial charge is 0.448 e. The van der Waals surface area contributed by atoms with Crippen LogP contribution in [0, 0.1) is 6.92 Å². The van der Waals surface area contributed by atoms with Gasteiger partial charge in [-0.3, -0.25) is 9.20 Å². The molecule has 3 aromatic heterocycles. The number of oxazole rings is 1. The highest BCUT2D eigenvalue weighted by molar-refractivity contribution is 5.93. The lowest BCUT2D eigenvalue weighted by Crippen LogP contribution is -2.39. The number of hydrogen-bond donors (Lipinski definition) is 0. The Hall–Kier alpha value is -2.70. The van der Waals surface area contributed by atoms with Crippen molar-refractivity contribution in [2.24, 2.45) is 0 Å². The molecule has 1 aliphatic rings. The molecule has 7 nitrogen and oxygen atoms in total. The Morgan fingerprint density at radius 2 is 2.22 bits per heavy atom. The minimum Gasteiger partial charge on any atom is -0.448 e. The maximum absolute atomic E-state index is 12.8. The Labute approximate surface area is 133 Å². The second-order valence-electron chi connectivity index (χ2n) is 5.75. The number of imidazole rings is 1. The summed E-state index contributed by atoms with van der Waals surface area (Å²) in [4.78, 5) is 27.6. The molecule has 4 rings (SSSR count). The van der Waals surface area contributed by atoms with Crippen LogP contribution in [-0.2, 0) is 0 Å². The van der Waals surface area contributed by atoms with E-state index in [1.54, 1.807) is 13.1 Å². The van der Waals surface area contributed by atoms with Gasteiger partial charge in [0.05, 0.1) is 11.7 Å². The number of aromatic nitrogens is 4. The summed E-state index contributed by atoms with van der Waals surface area (Å²) in [5.41, 5.74) is 1.26. The molecule has 118 valence electrons. The molecule has 1 saturated heterocycles. The zero-order valence-electron chi connectivity index (χ0n) is 12.8. The first kappa shape index (κ1) is 13.9. The molecular weight excluding hydrogens is 294 g/mol. The molecule has 0 saturated carbocycles. The van der Waals surface area contributed by atoms with Crippen molar-refractivity contribution in [2.45, 2.75) is 32.2 Å². The van der Waals surface area contributed by atoms with Gasteiger partial charge in [0, 0.05) is 25.1 Å². The van der Waals surface area contributed by atoms with E-state index >= 15 is 0 Å². The topological polar surface area (TPSA) is 76.5 Å². The van der Waals surface area contributed by atoms with Crippen LogP contribution in [0.25, 0.3) is 5.78 Å². The highest BCUT2D eigenvalue weighted by atomic mass is 16.3. The Morgan fingerprint density at radius 1 is 1.30 bits per heavy atom. The second kappa shape index (κ2) is 5.49. The lowest BCUT2D eigenvalue weighted by atomic mass is 9.98. The van der Waals surface area contributed by atoms with Crippen LogP contribution >= 0.6 is 0 Å². The summed E-state index contributed by atoms with van der Waals surface area (Å²) in [6.07, 6.45) is 9.79. The molecule has 0 aromatic carbocycles. The number of hydrogen-bond acceptors (Lipinski definition) is 5. The number of carbonyl (C=O) groups is 1. The fraction of sp³-hybridized carbons (Fsp3) is 0.375. The van der Waals surface area contributed by atoms with Gasteiger partial charge in [-0.25, -0.2) is 15.0 Å². The van der Waals surface area contributed by atoms with E-state index in [9.17, 15) is 4.79 Å². The van der Waals surface area contributed by atoms with Crippen molar-refractivity contribution >= 4 is 11.7 Å². The molecule has 0 radical (unpaired) electrons. The van der Waals surface area contributed by atoms with E-state index in [1.807, 2.05) is 27.8 Å². The highest BCUT2D eigenvalue weighted by Crippen LogP contribution is 2.31. The molecule has 1 atom stereocenters. The van der Waals surface area contributed by atoms with Crippen LogP contribution in [0.1, 0.15) is 47.2 Å². The van der Waals surface area contributed by atoms with Gasteiger partial charge in [0.15, 0.2) is 12.1 Å². The van der Waals surface area contributed by atoms with Crippen molar-refractivity contribution < 1.29 is 9.21 Å². The molecular formula is C16H17N5O2. The minimum absolute atomic E-state index is 0.0472. The molecule has 7 heteroatoms. The monoisotopic (exact) mass is 311 g/mol. The minimum atomic E-state index is -0.0917. The van der Waals surface area contributed by atoms with Crippen molar-refractivity contribution in [2.75, 3.05) is 6.54 Å². The first-order valence-corrected chi connectivity index (χ1v) is 7.75. The van der Waals surface area contributed by atoms with Crippen LogP contribution in [0.4, 0.5) is 0 Å². The van der Waals surface area contributed by atoms with Gasteiger partial charge < -0.3 is 9.32 Å². The number of amides is 1. The smallest absolute Gasteiger partial charge is 0.276 e. The van der Waals surface area contributed by atoms with Gasteiger partial charge in [0.1, 0.15) is 5.76 Å². The van der Waals surface area contributed by atoms with Crippen LogP contribution in [0.2, 0.25) is 0 Å². The fourth-order valence-electron chi connectivity index (χ4n) is 3.13. The Kier molecular flexibility index (Phi) is 3.33. The predicted molar refractivity (Wildman–Crippen MR) is 81.9 cm³/mol. The summed E-state index contributed by atoms with van der Waals surface area (Å²) in [6.45, 7) is 2.46. The quantitative estimate of drug-likeness (QED) is 0.726. The third-order valence-electron chi connectivity index (χ3n) is 4.34.